The van der Waals surface area contributed by atoms with Crippen LogP contribution in [0.15, 0.2) is 17.0 Å². The molecule has 0 amide bonds. The van der Waals surface area contributed by atoms with Crippen LogP contribution in [0.5, 0.6) is 0 Å². The normalized spacial score (nSPS) is 12.4. The molecule has 0 fully saturated rings. The van der Waals surface area contributed by atoms with Crippen LogP contribution in [0.2, 0.25) is 5.02 Å². The van der Waals surface area contributed by atoms with Crippen LogP contribution >= 0.6 is 11.6 Å². The van der Waals surface area contributed by atoms with E-state index in [9.17, 15) is 12.8 Å². The van der Waals surface area contributed by atoms with Gasteiger partial charge in [-0.05, 0) is 12.1 Å². The molecule has 0 aliphatic rings. The van der Waals surface area contributed by atoms with Crippen molar-refractivity contribution >= 4 is 21.6 Å². The Morgan fingerprint density at radius 1 is 1.40 bits per heavy atom. The van der Waals surface area contributed by atoms with Crippen LogP contribution in [0.4, 0.5) is 4.39 Å². The van der Waals surface area contributed by atoms with Crippen LogP contribution in [0, 0.1) is 5.82 Å². The smallest absolute Gasteiger partial charge is 0.245 e. The van der Waals surface area contributed by atoms with Crippen molar-refractivity contribution in [2.45, 2.75) is 38.3 Å². The van der Waals surface area contributed by atoms with Crippen molar-refractivity contribution in [3.05, 3.63) is 28.5 Å². The molecule has 1 aromatic rings. The van der Waals surface area contributed by atoms with Crippen molar-refractivity contribution in [3.63, 3.8) is 0 Å². The highest BCUT2D eigenvalue weighted by molar-refractivity contribution is 7.89. The highest BCUT2D eigenvalue weighted by atomic mass is 35.5. The lowest BCUT2D eigenvalue weighted by molar-refractivity contribution is 0.474. The second kappa shape index (κ2) is 6.85. The number of sulfonamides is 1. The first-order chi connectivity index (χ1) is 9.20. The number of nitrogens with one attached hydrogen (secondary N) is 1. The van der Waals surface area contributed by atoms with Gasteiger partial charge in [-0.3, -0.25) is 0 Å². The molecule has 0 aromatic heterocycles. The monoisotopic (exact) mass is 322 g/mol. The summed E-state index contributed by atoms with van der Waals surface area (Å²) in [5.41, 5.74) is 0.245. The Hall–Kier alpha value is -0.690. The molecular weight excluding hydrogens is 303 g/mol. The van der Waals surface area contributed by atoms with Crippen LogP contribution in [-0.2, 0) is 16.6 Å². The SMILES string of the molecule is CCN(C)S(=O)(=O)c1cc(Cl)cc(CNC(C)C)c1F. The van der Waals surface area contributed by atoms with Crippen LogP contribution in [-0.4, -0.2) is 32.4 Å². The predicted molar refractivity (Wildman–Crippen MR) is 78.9 cm³/mol. The van der Waals surface area contributed by atoms with E-state index in [-0.39, 0.29) is 34.6 Å². The molecule has 114 valence electrons. The molecule has 0 radical (unpaired) electrons. The van der Waals surface area contributed by atoms with Crippen LogP contribution in [0.25, 0.3) is 0 Å². The van der Waals surface area contributed by atoms with Gasteiger partial charge in [-0.15, -0.1) is 0 Å². The highest BCUT2D eigenvalue weighted by Gasteiger charge is 2.25. The van der Waals surface area contributed by atoms with Crippen molar-refractivity contribution in [2.24, 2.45) is 0 Å². The van der Waals surface area contributed by atoms with E-state index in [1.54, 1.807) is 6.92 Å². The molecule has 0 atom stereocenters. The molecule has 0 saturated heterocycles. The average Bonchev–Trinajstić information content (AvgIpc) is 2.37. The molecule has 0 heterocycles. The summed E-state index contributed by atoms with van der Waals surface area (Å²) in [4.78, 5) is -0.380. The topological polar surface area (TPSA) is 49.4 Å². The largest absolute Gasteiger partial charge is 0.310 e. The summed E-state index contributed by atoms with van der Waals surface area (Å²) in [7, 11) is -2.45. The summed E-state index contributed by atoms with van der Waals surface area (Å²) in [6, 6.07) is 2.75. The quantitative estimate of drug-likeness (QED) is 0.876. The molecule has 20 heavy (non-hydrogen) atoms. The van der Waals surface area contributed by atoms with E-state index in [1.807, 2.05) is 13.8 Å². The highest BCUT2D eigenvalue weighted by Crippen LogP contribution is 2.25. The minimum atomic E-state index is -3.86. The molecule has 0 unspecified atom stereocenters. The van der Waals surface area contributed by atoms with E-state index < -0.39 is 15.8 Å². The number of rotatable bonds is 6. The maximum Gasteiger partial charge on any atom is 0.245 e. The molecule has 0 aliphatic heterocycles. The number of hydrogen-bond donors (Lipinski definition) is 1. The van der Waals surface area contributed by atoms with Gasteiger partial charge in [-0.25, -0.2) is 17.1 Å². The minimum absolute atomic E-state index is 0.159. The van der Waals surface area contributed by atoms with Gasteiger partial charge in [-0.1, -0.05) is 32.4 Å². The van der Waals surface area contributed by atoms with Gasteiger partial charge in [0.1, 0.15) is 10.7 Å². The number of nitrogens with zero attached hydrogens (tertiary/aromatic N) is 1. The summed E-state index contributed by atoms with van der Waals surface area (Å²) in [6.07, 6.45) is 0. The fourth-order valence-electron chi connectivity index (χ4n) is 1.59. The van der Waals surface area contributed by atoms with E-state index in [2.05, 4.69) is 5.32 Å². The minimum Gasteiger partial charge on any atom is -0.310 e. The lowest BCUT2D eigenvalue weighted by atomic mass is 10.2. The molecule has 1 aromatic carbocycles. The van der Waals surface area contributed by atoms with Crippen molar-refractivity contribution in [1.29, 1.82) is 0 Å². The third kappa shape index (κ3) is 3.91. The van der Waals surface area contributed by atoms with E-state index >= 15 is 0 Å². The van der Waals surface area contributed by atoms with Gasteiger partial charge in [-0.2, -0.15) is 0 Å². The van der Waals surface area contributed by atoms with Gasteiger partial charge in [0, 0.05) is 36.8 Å². The van der Waals surface area contributed by atoms with Gasteiger partial charge in [0.2, 0.25) is 10.0 Å². The first-order valence-electron chi connectivity index (χ1n) is 6.37. The second-order valence-corrected chi connectivity index (χ2v) is 7.28. The zero-order valence-electron chi connectivity index (χ0n) is 12.1. The van der Waals surface area contributed by atoms with Crippen LogP contribution < -0.4 is 5.32 Å². The maximum atomic E-state index is 14.4. The Bertz CT molecular complexity index is 576. The fourth-order valence-corrected chi connectivity index (χ4v) is 3.20. The standard InChI is InChI=1S/C13H20ClFN2O2S/c1-5-17(4)20(18,19)12-7-11(14)6-10(13(12)15)8-16-9(2)3/h6-7,9,16H,5,8H2,1-4H3. The van der Waals surface area contributed by atoms with E-state index in [1.165, 1.54) is 13.1 Å². The van der Waals surface area contributed by atoms with Crippen molar-refractivity contribution in [3.8, 4) is 0 Å². The number of hydrogen-bond acceptors (Lipinski definition) is 3. The first-order valence-corrected chi connectivity index (χ1v) is 8.19. The second-order valence-electron chi connectivity index (χ2n) is 4.83. The molecule has 7 heteroatoms. The molecule has 0 saturated carbocycles. The Labute approximate surface area is 125 Å². The van der Waals surface area contributed by atoms with Crippen LogP contribution in [0.3, 0.4) is 0 Å². The number of benzene rings is 1. The van der Waals surface area contributed by atoms with E-state index in [0.717, 1.165) is 10.4 Å². The zero-order valence-corrected chi connectivity index (χ0v) is 13.6. The predicted octanol–water partition coefficient (Wildman–Crippen LogP) is 2.62. The zero-order chi connectivity index (χ0) is 15.5. The average molecular weight is 323 g/mol. The summed E-state index contributed by atoms with van der Waals surface area (Å²) in [5, 5.41) is 3.25. The Kier molecular flexibility index (Phi) is 5.94. The van der Waals surface area contributed by atoms with Gasteiger partial charge in [0.05, 0.1) is 0 Å². The van der Waals surface area contributed by atoms with Crippen molar-refractivity contribution in [1.82, 2.24) is 9.62 Å². The molecule has 4 nitrogen and oxygen atoms in total. The summed E-state index contributed by atoms with van der Waals surface area (Å²) < 4.78 is 39.9. The van der Waals surface area contributed by atoms with Crippen molar-refractivity contribution < 1.29 is 12.8 Å². The molecule has 0 bridgehead atoms. The van der Waals surface area contributed by atoms with Gasteiger partial charge >= 0.3 is 0 Å². The first kappa shape index (κ1) is 17.4. The van der Waals surface area contributed by atoms with Crippen LogP contribution in [0.1, 0.15) is 26.3 Å². The van der Waals surface area contributed by atoms with Gasteiger partial charge in [0.15, 0.2) is 0 Å². The van der Waals surface area contributed by atoms with E-state index in [4.69, 9.17) is 11.6 Å². The summed E-state index contributed by atoms with van der Waals surface area (Å²) in [6.45, 7) is 6.01. The Morgan fingerprint density at radius 3 is 2.50 bits per heavy atom. The third-order valence-electron chi connectivity index (χ3n) is 2.91. The third-order valence-corrected chi connectivity index (χ3v) is 5.06. The van der Waals surface area contributed by atoms with Crippen molar-refractivity contribution in [2.75, 3.05) is 13.6 Å². The van der Waals surface area contributed by atoms with E-state index in [0.29, 0.717) is 0 Å². The Morgan fingerprint density at radius 2 is 2.00 bits per heavy atom. The Balaban J connectivity index is 3.28. The molecule has 1 N–H and O–H groups in total. The maximum absolute atomic E-state index is 14.4. The lowest BCUT2D eigenvalue weighted by Crippen LogP contribution is -2.28. The molecule has 0 spiro atoms. The summed E-state index contributed by atoms with van der Waals surface area (Å²) in [5.74, 6) is -0.747. The van der Waals surface area contributed by atoms with Gasteiger partial charge < -0.3 is 5.32 Å². The fraction of sp³-hybridized carbons (Fsp3) is 0.538. The number of halogens is 2. The molecule has 1 rings (SSSR count). The lowest BCUT2D eigenvalue weighted by Gasteiger charge is -2.17. The van der Waals surface area contributed by atoms with Gasteiger partial charge in [0.25, 0.3) is 0 Å². The summed E-state index contributed by atoms with van der Waals surface area (Å²) >= 11 is 5.91. The molecular formula is C13H20ClFN2O2S. The molecule has 0 aliphatic carbocycles.